The van der Waals surface area contributed by atoms with Gasteiger partial charge in [-0.15, -0.1) is 12.4 Å². The second-order valence-electron chi connectivity index (χ2n) is 7.81. The fourth-order valence-corrected chi connectivity index (χ4v) is 4.32. The van der Waals surface area contributed by atoms with Crippen molar-refractivity contribution in [3.63, 3.8) is 0 Å². The van der Waals surface area contributed by atoms with Crippen molar-refractivity contribution in [2.45, 2.75) is 38.5 Å². The summed E-state index contributed by atoms with van der Waals surface area (Å²) in [6.07, 6.45) is 7.90. The summed E-state index contributed by atoms with van der Waals surface area (Å²) in [6, 6.07) is 6.67. The van der Waals surface area contributed by atoms with Crippen molar-refractivity contribution in [1.82, 2.24) is 9.80 Å². The van der Waals surface area contributed by atoms with E-state index in [1.807, 2.05) is 0 Å². The molecule has 0 saturated carbocycles. The Morgan fingerprint density at radius 2 is 1.88 bits per heavy atom. The highest BCUT2D eigenvalue weighted by atomic mass is 35.5. The molecule has 3 nitrogen and oxygen atoms in total. The molecular weight excluding hydrogens is 320 g/mol. The Labute approximate surface area is 153 Å². The smallest absolute Gasteiger partial charge is 0.119 e. The number of fused-ring (bicyclic) bond motifs is 1. The first kappa shape index (κ1) is 19.6. The van der Waals surface area contributed by atoms with Gasteiger partial charge in [0.25, 0.3) is 0 Å². The molecule has 0 unspecified atom stereocenters. The molecule has 1 spiro atoms. The first-order chi connectivity index (χ1) is 11.1. The standard InChI is InChI=1S/C20H32N2O.ClH/c1-21(2)11-4-12-22-13-9-20(10-14-22)8-7-17-5-6-19(23-3)15-18(17)16-20;/h5-6,15H,4,7-14,16H2,1-3H3;1H. The van der Waals surface area contributed by atoms with E-state index in [1.165, 1.54) is 70.3 Å². The van der Waals surface area contributed by atoms with Crippen LogP contribution in [0.3, 0.4) is 0 Å². The first-order valence-electron chi connectivity index (χ1n) is 9.13. The molecule has 1 fully saturated rings. The van der Waals surface area contributed by atoms with E-state index in [0.29, 0.717) is 5.41 Å². The molecule has 136 valence electrons. The van der Waals surface area contributed by atoms with Gasteiger partial charge in [-0.2, -0.15) is 0 Å². The topological polar surface area (TPSA) is 15.7 Å². The van der Waals surface area contributed by atoms with Crippen LogP contribution in [0.15, 0.2) is 18.2 Å². The summed E-state index contributed by atoms with van der Waals surface area (Å²) in [5, 5.41) is 0. The van der Waals surface area contributed by atoms with E-state index >= 15 is 0 Å². The molecule has 1 saturated heterocycles. The van der Waals surface area contributed by atoms with Gasteiger partial charge in [-0.3, -0.25) is 0 Å². The van der Waals surface area contributed by atoms with Gasteiger partial charge in [0.15, 0.2) is 0 Å². The Kier molecular flexibility index (Phi) is 6.97. The molecule has 0 aromatic heterocycles. The summed E-state index contributed by atoms with van der Waals surface area (Å²) < 4.78 is 5.42. The lowest BCUT2D eigenvalue weighted by atomic mass is 9.66. The average molecular weight is 353 g/mol. The number of benzene rings is 1. The van der Waals surface area contributed by atoms with Crippen molar-refractivity contribution in [2.75, 3.05) is 47.4 Å². The number of halogens is 1. The molecular formula is C20H33ClN2O. The van der Waals surface area contributed by atoms with Gasteiger partial charge in [0.05, 0.1) is 7.11 Å². The van der Waals surface area contributed by atoms with Crippen LogP contribution in [0.1, 0.15) is 36.8 Å². The van der Waals surface area contributed by atoms with Crippen LogP contribution in [-0.2, 0) is 12.8 Å². The maximum absolute atomic E-state index is 5.42. The Balaban J connectivity index is 0.00000208. The molecule has 0 atom stereocenters. The van der Waals surface area contributed by atoms with E-state index in [-0.39, 0.29) is 12.4 Å². The first-order valence-corrected chi connectivity index (χ1v) is 9.13. The van der Waals surface area contributed by atoms with Crippen molar-refractivity contribution in [2.24, 2.45) is 5.41 Å². The van der Waals surface area contributed by atoms with Crippen LogP contribution in [0.5, 0.6) is 5.75 Å². The zero-order chi connectivity index (χ0) is 16.3. The fourth-order valence-electron chi connectivity index (χ4n) is 4.32. The number of hydrogen-bond donors (Lipinski definition) is 0. The highest BCUT2D eigenvalue weighted by molar-refractivity contribution is 5.85. The number of ether oxygens (including phenoxy) is 1. The van der Waals surface area contributed by atoms with Gasteiger partial charge in [0.1, 0.15) is 5.75 Å². The molecule has 0 bridgehead atoms. The minimum atomic E-state index is 0. The molecule has 1 aromatic rings. The zero-order valence-electron chi connectivity index (χ0n) is 15.5. The maximum Gasteiger partial charge on any atom is 0.119 e. The Hall–Kier alpha value is -0.770. The summed E-state index contributed by atoms with van der Waals surface area (Å²) in [5.74, 6) is 1.02. The third-order valence-corrected chi connectivity index (χ3v) is 5.90. The number of likely N-dealkylation sites (tertiary alicyclic amines) is 1. The van der Waals surface area contributed by atoms with Crippen molar-refractivity contribution in [3.05, 3.63) is 29.3 Å². The third kappa shape index (κ3) is 4.65. The van der Waals surface area contributed by atoms with Crippen molar-refractivity contribution in [3.8, 4) is 5.75 Å². The normalized spacial score (nSPS) is 19.8. The summed E-state index contributed by atoms with van der Waals surface area (Å²) in [5.41, 5.74) is 3.64. The summed E-state index contributed by atoms with van der Waals surface area (Å²) in [4.78, 5) is 4.97. The molecule has 3 rings (SSSR count). The molecule has 1 aliphatic heterocycles. The van der Waals surface area contributed by atoms with E-state index in [2.05, 4.69) is 42.1 Å². The van der Waals surface area contributed by atoms with E-state index in [0.717, 1.165) is 5.75 Å². The molecule has 2 aliphatic rings. The summed E-state index contributed by atoms with van der Waals surface area (Å²) in [6.45, 7) is 5.03. The second kappa shape index (κ2) is 8.55. The zero-order valence-corrected chi connectivity index (χ0v) is 16.3. The highest BCUT2D eigenvalue weighted by Gasteiger charge is 2.37. The lowest BCUT2D eigenvalue weighted by Crippen LogP contribution is -2.43. The minimum absolute atomic E-state index is 0. The van der Waals surface area contributed by atoms with Crippen LogP contribution in [-0.4, -0.2) is 57.2 Å². The average Bonchev–Trinajstić information content (AvgIpc) is 2.56. The molecule has 0 amide bonds. The predicted molar refractivity (Wildman–Crippen MR) is 104 cm³/mol. The van der Waals surface area contributed by atoms with Crippen LogP contribution in [0.4, 0.5) is 0 Å². The van der Waals surface area contributed by atoms with Crippen LogP contribution < -0.4 is 4.74 Å². The van der Waals surface area contributed by atoms with Crippen molar-refractivity contribution < 1.29 is 4.74 Å². The SMILES string of the molecule is COc1ccc2c(c1)CC1(CC2)CCN(CCCN(C)C)CC1.Cl. The van der Waals surface area contributed by atoms with Gasteiger partial charge in [-0.25, -0.2) is 0 Å². The Morgan fingerprint density at radius 1 is 1.12 bits per heavy atom. The number of methoxy groups -OCH3 is 1. The molecule has 1 aliphatic carbocycles. The number of rotatable bonds is 5. The number of hydrogen-bond acceptors (Lipinski definition) is 3. The number of piperidine rings is 1. The number of nitrogens with zero attached hydrogens (tertiary/aromatic N) is 2. The van der Waals surface area contributed by atoms with Crippen molar-refractivity contribution in [1.29, 1.82) is 0 Å². The Morgan fingerprint density at radius 3 is 2.54 bits per heavy atom. The maximum atomic E-state index is 5.42. The second-order valence-corrected chi connectivity index (χ2v) is 7.81. The largest absolute Gasteiger partial charge is 0.497 e. The van der Waals surface area contributed by atoms with E-state index < -0.39 is 0 Å². The quantitative estimate of drug-likeness (QED) is 0.804. The highest BCUT2D eigenvalue weighted by Crippen LogP contribution is 2.44. The molecule has 4 heteroatoms. The third-order valence-electron chi connectivity index (χ3n) is 5.90. The van der Waals surface area contributed by atoms with Crippen LogP contribution >= 0.6 is 12.4 Å². The summed E-state index contributed by atoms with van der Waals surface area (Å²) in [7, 11) is 6.10. The van der Waals surface area contributed by atoms with Crippen LogP contribution in [0.25, 0.3) is 0 Å². The van der Waals surface area contributed by atoms with E-state index in [9.17, 15) is 0 Å². The van der Waals surface area contributed by atoms with Crippen LogP contribution in [0, 0.1) is 5.41 Å². The molecule has 1 heterocycles. The van der Waals surface area contributed by atoms with Gasteiger partial charge < -0.3 is 14.5 Å². The van der Waals surface area contributed by atoms with Crippen molar-refractivity contribution >= 4 is 12.4 Å². The molecule has 24 heavy (non-hydrogen) atoms. The fraction of sp³-hybridized carbons (Fsp3) is 0.700. The minimum Gasteiger partial charge on any atom is -0.497 e. The van der Waals surface area contributed by atoms with Crippen LogP contribution in [0.2, 0.25) is 0 Å². The van der Waals surface area contributed by atoms with E-state index in [4.69, 9.17) is 4.74 Å². The predicted octanol–water partition coefficient (Wildman–Crippen LogP) is 3.64. The van der Waals surface area contributed by atoms with Gasteiger partial charge in [0, 0.05) is 0 Å². The summed E-state index contributed by atoms with van der Waals surface area (Å²) >= 11 is 0. The lowest BCUT2D eigenvalue weighted by Gasteiger charge is -2.45. The molecule has 0 N–H and O–H groups in total. The molecule has 0 radical (unpaired) electrons. The monoisotopic (exact) mass is 352 g/mol. The Bertz CT molecular complexity index is 524. The van der Waals surface area contributed by atoms with E-state index in [1.54, 1.807) is 12.7 Å². The van der Waals surface area contributed by atoms with Gasteiger partial charge in [-0.1, -0.05) is 6.07 Å². The lowest BCUT2D eigenvalue weighted by molar-refractivity contribution is 0.0877. The van der Waals surface area contributed by atoms with Gasteiger partial charge in [-0.05, 0) is 107 Å². The van der Waals surface area contributed by atoms with Gasteiger partial charge >= 0.3 is 0 Å². The molecule has 1 aromatic carbocycles. The number of aryl methyl sites for hydroxylation is 1. The van der Waals surface area contributed by atoms with Gasteiger partial charge in [0.2, 0.25) is 0 Å².